The molecule has 0 aliphatic carbocycles. The molecule has 0 unspecified atom stereocenters. The van der Waals surface area contributed by atoms with Crippen LogP contribution >= 0.6 is 15.9 Å². The number of ketones is 1. The molecule has 0 radical (unpaired) electrons. The van der Waals surface area contributed by atoms with Crippen molar-refractivity contribution in [1.29, 1.82) is 0 Å². The van der Waals surface area contributed by atoms with Crippen molar-refractivity contribution in [3.63, 3.8) is 0 Å². The third kappa shape index (κ3) is 4.48. The highest BCUT2D eigenvalue weighted by Crippen LogP contribution is 2.18. The fraction of sp³-hybridized carbons (Fsp3) is 0.158. The predicted molar refractivity (Wildman–Crippen MR) is 98.4 cm³/mol. The molecule has 0 saturated carbocycles. The summed E-state index contributed by atoms with van der Waals surface area (Å²) in [4.78, 5) is 12.2. The lowest BCUT2D eigenvalue weighted by Crippen LogP contribution is -2.07. The van der Waals surface area contributed by atoms with Gasteiger partial charge in [-0.25, -0.2) is 0 Å². The molecular formula is C19H17BrN2O3. The molecule has 25 heavy (non-hydrogen) atoms. The van der Waals surface area contributed by atoms with Crippen LogP contribution in [0.4, 0.5) is 0 Å². The van der Waals surface area contributed by atoms with Crippen molar-refractivity contribution >= 4 is 27.8 Å². The van der Waals surface area contributed by atoms with Crippen LogP contribution in [0.25, 0.3) is 6.08 Å². The van der Waals surface area contributed by atoms with E-state index in [4.69, 9.17) is 9.15 Å². The zero-order valence-corrected chi connectivity index (χ0v) is 15.3. The molecular weight excluding hydrogens is 384 g/mol. The smallest absolute Gasteiger partial charge is 0.203 e. The second-order valence-corrected chi connectivity index (χ2v) is 6.19. The first-order chi connectivity index (χ1) is 12.2. The van der Waals surface area contributed by atoms with Gasteiger partial charge < -0.3 is 9.15 Å². The number of hydrogen-bond donors (Lipinski definition) is 0. The minimum absolute atomic E-state index is 0.108. The number of ether oxygens (including phenoxy) is 1. The minimum Gasteiger partial charge on any atom is -0.486 e. The highest BCUT2D eigenvalue weighted by Gasteiger charge is 2.08. The van der Waals surface area contributed by atoms with E-state index in [0.717, 1.165) is 10.2 Å². The summed E-state index contributed by atoms with van der Waals surface area (Å²) in [6.45, 7) is 2.92. The van der Waals surface area contributed by atoms with Crippen molar-refractivity contribution in [3.05, 3.63) is 76.4 Å². The summed E-state index contributed by atoms with van der Waals surface area (Å²) in [6, 6.07) is 12.9. The summed E-state index contributed by atoms with van der Waals surface area (Å²) in [5.41, 5.74) is 0.559. The minimum atomic E-state index is -0.108. The third-order valence-electron chi connectivity index (χ3n) is 3.54. The van der Waals surface area contributed by atoms with Crippen LogP contribution in [0, 0.1) is 0 Å². The van der Waals surface area contributed by atoms with E-state index in [2.05, 4.69) is 21.0 Å². The van der Waals surface area contributed by atoms with Crippen molar-refractivity contribution in [2.75, 3.05) is 0 Å². The number of hydrogen-bond acceptors (Lipinski definition) is 4. The van der Waals surface area contributed by atoms with Crippen LogP contribution in [0.1, 0.15) is 28.9 Å². The molecule has 0 amide bonds. The van der Waals surface area contributed by atoms with Crippen molar-refractivity contribution in [2.24, 2.45) is 0 Å². The van der Waals surface area contributed by atoms with Crippen molar-refractivity contribution < 1.29 is 13.9 Å². The first-order valence-corrected chi connectivity index (χ1v) is 8.66. The van der Waals surface area contributed by atoms with Crippen LogP contribution in [-0.4, -0.2) is 15.6 Å². The maximum atomic E-state index is 12.2. The second-order valence-electron chi connectivity index (χ2n) is 5.28. The van der Waals surface area contributed by atoms with Gasteiger partial charge in [0.05, 0.1) is 0 Å². The highest BCUT2D eigenvalue weighted by atomic mass is 79.9. The van der Waals surface area contributed by atoms with E-state index < -0.39 is 0 Å². The molecule has 2 heterocycles. The Labute approximate surface area is 154 Å². The molecule has 6 heteroatoms. The van der Waals surface area contributed by atoms with E-state index in [1.807, 2.05) is 37.3 Å². The monoisotopic (exact) mass is 400 g/mol. The lowest BCUT2D eigenvalue weighted by molar-refractivity contribution is 0.103. The quantitative estimate of drug-likeness (QED) is 0.424. The average Bonchev–Trinajstić information content (AvgIpc) is 3.28. The molecule has 3 aromatic rings. The van der Waals surface area contributed by atoms with Gasteiger partial charge in [0.2, 0.25) is 5.78 Å². The summed E-state index contributed by atoms with van der Waals surface area (Å²) in [7, 11) is 0. The number of aromatic nitrogens is 2. The summed E-state index contributed by atoms with van der Waals surface area (Å²) in [5, 5.41) is 4.09. The number of aryl methyl sites for hydroxylation is 1. The molecule has 3 rings (SSSR count). The number of furan rings is 1. The predicted octanol–water partition coefficient (Wildman–Crippen LogP) is 4.73. The van der Waals surface area contributed by atoms with E-state index in [0.29, 0.717) is 30.4 Å². The van der Waals surface area contributed by atoms with E-state index in [1.165, 1.54) is 6.08 Å². The van der Waals surface area contributed by atoms with Gasteiger partial charge in [-0.3, -0.25) is 9.48 Å². The third-order valence-corrected chi connectivity index (χ3v) is 4.07. The van der Waals surface area contributed by atoms with Crippen LogP contribution in [0.3, 0.4) is 0 Å². The van der Waals surface area contributed by atoms with Crippen molar-refractivity contribution in [3.8, 4) is 5.75 Å². The lowest BCUT2D eigenvalue weighted by atomic mass is 10.2. The van der Waals surface area contributed by atoms with E-state index in [9.17, 15) is 4.79 Å². The second kappa shape index (κ2) is 7.98. The molecule has 128 valence electrons. The zero-order valence-electron chi connectivity index (χ0n) is 13.7. The van der Waals surface area contributed by atoms with Crippen molar-refractivity contribution in [2.45, 2.75) is 20.1 Å². The SMILES string of the molecule is CCn1nccc1C(=O)/C=C/c1ccc(COc2ccc(Br)cc2)o1. The maximum Gasteiger partial charge on any atom is 0.203 e. The molecule has 5 nitrogen and oxygen atoms in total. The summed E-state index contributed by atoms with van der Waals surface area (Å²) in [5.74, 6) is 1.95. The highest BCUT2D eigenvalue weighted by molar-refractivity contribution is 9.10. The summed E-state index contributed by atoms with van der Waals surface area (Å²) in [6.07, 6.45) is 4.76. The molecule has 0 aliphatic heterocycles. The van der Waals surface area contributed by atoms with Gasteiger partial charge in [0.15, 0.2) is 0 Å². The molecule has 1 aromatic carbocycles. The molecule has 0 N–H and O–H groups in total. The fourth-order valence-electron chi connectivity index (χ4n) is 2.28. The standard InChI is InChI=1S/C19H17BrN2O3/c1-2-22-18(11-12-21-22)19(23)10-9-16-7-8-17(25-16)13-24-15-5-3-14(20)4-6-15/h3-12H,2,13H2,1H3/b10-9+. The summed E-state index contributed by atoms with van der Waals surface area (Å²) >= 11 is 3.38. The molecule has 0 aliphatic rings. The Kier molecular flexibility index (Phi) is 5.50. The van der Waals surface area contributed by atoms with Gasteiger partial charge in [-0.05, 0) is 61.5 Å². The van der Waals surface area contributed by atoms with Gasteiger partial charge in [0, 0.05) is 17.2 Å². The van der Waals surface area contributed by atoms with E-state index in [1.54, 1.807) is 29.1 Å². The van der Waals surface area contributed by atoms with Gasteiger partial charge in [-0.2, -0.15) is 5.10 Å². The van der Waals surface area contributed by atoms with Gasteiger partial charge in [0.1, 0.15) is 29.6 Å². The molecule has 0 fully saturated rings. The number of carbonyl (C=O) groups is 1. The zero-order chi connectivity index (χ0) is 17.6. The Hall–Kier alpha value is -2.60. The maximum absolute atomic E-state index is 12.2. The van der Waals surface area contributed by atoms with E-state index >= 15 is 0 Å². The molecule has 0 bridgehead atoms. The van der Waals surface area contributed by atoms with Gasteiger partial charge in [-0.15, -0.1) is 0 Å². The number of nitrogens with zero attached hydrogens (tertiary/aromatic N) is 2. The largest absolute Gasteiger partial charge is 0.486 e. The number of allylic oxidation sites excluding steroid dienone is 1. The van der Waals surface area contributed by atoms with Gasteiger partial charge in [0.25, 0.3) is 0 Å². The van der Waals surface area contributed by atoms with Crippen LogP contribution in [0.5, 0.6) is 5.75 Å². The van der Waals surface area contributed by atoms with Crippen LogP contribution in [-0.2, 0) is 13.2 Å². The number of rotatable bonds is 7. The van der Waals surface area contributed by atoms with Gasteiger partial charge >= 0.3 is 0 Å². The average molecular weight is 401 g/mol. The number of carbonyl (C=O) groups excluding carboxylic acids is 1. The van der Waals surface area contributed by atoms with Crippen LogP contribution < -0.4 is 4.74 Å². The Morgan fingerprint density at radius 2 is 2.04 bits per heavy atom. The van der Waals surface area contributed by atoms with Crippen LogP contribution in [0.2, 0.25) is 0 Å². The van der Waals surface area contributed by atoms with Crippen molar-refractivity contribution in [1.82, 2.24) is 9.78 Å². The molecule has 0 spiro atoms. The molecule has 2 aromatic heterocycles. The fourth-order valence-corrected chi connectivity index (χ4v) is 2.55. The molecule has 0 atom stereocenters. The topological polar surface area (TPSA) is 57.3 Å². The van der Waals surface area contributed by atoms with Gasteiger partial charge in [-0.1, -0.05) is 15.9 Å². The van der Waals surface area contributed by atoms with Crippen LogP contribution in [0.15, 0.2) is 63.6 Å². The summed E-state index contributed by atoms with van der Waals surface area (Å²) < 4.78 is 14.0. The first-order valence-electron chi connectivity index (χ1n) is 7.87. The molecule has 0 saturated heterocycles. The normalized spacial score (nSPS) is 11.1. The lowest BCUT2D eigenvalue weighted by Gasteiger charge is -2.03. The Morgan fingerprint density at radius 1 is 1.24 bits per heavy atom. The first kappa shape index (κ1) is 17.2. The Bertz CT molecular complexity index is 878. The number of halogens is 1. The van der Waals surface area contributed by atoms with E-state index in [-0.39, 0.29) is 5.78 Å². The Balaban J connectivity index is 1.59. The number of benzene rings is 1. The Morgan fingerprint density at radius 3 is 2.80 bits per heavy atom.